The number of ether oxygens (including phenoxy) is 1. The normalized spacial score (nSPS) is 25.0. The molecule has 3 rings (SSSR count). The molecule has 2 aliphatic rings. The van der Waals surface area contributed by atoms with Gasteiger partial charge in [-0.05, 0) is 49.3 Å². The molecule has 2 heterocycles. The molecule has 0 aliphatic carbocycles. The number of halogens is 3. The number of hydrogen-bond acceptors (Lipinski definition) is 3. The van der Waals surface area contributed by atoms with Crippen molar-refractivity contribution < 1.29 is 9.13 Å². The Bertz CT molecular complexity index is 494. The van der Waals surface area contributed by atoms with E-state index >= 15 is 0 Å². The third-order valence-electron chi connectivity index (χ3n) is 4.25. The minimum absolute atomic E-state index is 0.0226. The fourth-order valence-electron chi connectivity index (χ4n) is 3.12. The summed E-state index contributed by atoms with van der Waals surface area (Å²) in [4.78, 5) is 0. The van der Waals surface area contributed by atoms with Gasteiger partial charge in [0, 0.05) is 18.3 Å². The zero-order valence-electron chi connectivity index (χ0n) is 11.6. The first-order valence-electron chi connectivity index (χ1n) is 7.21. The van der Waals surface area contributed by atoms with Gasteiger partial charge in [0.05, 0.1) is 15.6 Å². The van der Waals surface area contributed by atoms with E-state index in [0.717, 1.165) is 38.0 Å². The summed E-state index contributed by atoms with van der Waals surface area (Å²) >= 11 is 13.7. The van der Waals surface area contributed by atoms with Gasteiger partial charge in [-0.25, -0.2) is 4.39 Å². The van der Waals surface area contributed by atoms with Crippen LogP contribution in [0, 0.1) is 5.82 Å². The SMILES string of the molecule is Fc1c(Cl)cc(NC2CCOC3(CCSCC3)C2)cc1Cl. The van der Waals surface area contributed by atoms with Crippen LogP contribution in [-0.4, -0.2) is 29.8 Å². The lowest BCUT2D eigenvalue weighted by atomic mass is 9.85. The van der Waals surface area contributed by atoms with Gasteiger partial charge in [-0.3, -0.25) is 0 Å². The fraction of sp³-hybridized carbons (Fsp3) is 0.600. The van der Waals surface area contributed by atoms with Crippen LogP contribution in [0.4, 0.5) is 10.1 Å². The second-order valence-electron chi connectivity index (χ2n) is 5.73. The Morgan fingerprint density at radius 1 is 1.24 bits per heavy atom. The van der Waals surface area contributed by atoms with Crippen molar-refractivity contribution in [3.05, 3.63) is 28.0 Å². The first-order valence-corrected chi connectivity index (χ1v) is 9.12. The smallest absolute Gasteiger partial charge is 0.160 e. The Morgan fingerprint density at radius 3 is 2.57 bits per heavy atom. The van der Waals surface area contributed by atoms with Crippen molar-refractivity contribution in [3.8, 4) is 0 Å². The number of rotatable bonds is 2. The van der Waals surface area contributed by atoms with Crippen LogP contribution >= 0.6 is 35.0 Å². The second-order valence-corrected chi connectivity index (χ2v) is 7.77. The average Bonchev–Trinajstić information content (AvgIpc) is 2.45. The van der Waals surface area contributed by atoms with Crippen LogP contribution in [-0.2, 0) is 4.74 Å². The molecule has 1 atom stereocenters. The van der Waals surface area contributed by atoms with Crippen molar-refractivity contribution in [2.24, 2.45) is 0 Å². The van der Waals surface area contributed by atoms with E-state index in [-0.39, 0.29) is 15.6 Å². The minimum atomic E-state index is -0.559. The maximum atomic E-state index is 13.5. The molecule has 0 saturated carbocycles. The van der Waals surface area contributed by atoms with Gasteiger partial charge < -0.3 is 10.1 Å². The van der Waals surface area contributed by atoms with E-state index in [0.29, 0.717) is 6.04 Å². The van der Waals surface area contributed by atoms with E-state index in [4.69, 9.17) is 27.9 Å². The second kappa shape index (κ2) is 6.53. The lowest BCUT2D eigenvalue weighted by molar-refractivity contribution is -0.0865. The zero-order valence-corrected chi connectivity index (χ0v) is 14.0. The maximum absolute atomic E-state index is 13.5. The number of nitrogens with one attached hydrogen (secondary N) is 1. The largest absolute Gasteiger partial charge is 0.382 e. The highest BCUT2D eigenvalue weighted by Crippen LogP contribution is 2.38. The molecule has 2 saturated heterocycles. The molecule has 0 bridgehead atoms. The van der Waals surface area contributed by atoms with Gasteiger partial charge in [0.15, 0.2) is 5.82 Å². The number of hydrogen-bond donors (Lipinski definition) is 1. The minimum Gasteiger partial charge on any atom is -0.382 e. The number of benzene rings is 1. The molecule has 1 unspecified atom stereocenters. The van der Waals surface area contributed by atoms with Gasteiger partial charge in [-0.15, -0.1) is 0 Å². The molecule has 1 aromatic rings. The Morgan fingerprint density at radius 2 is 1.90 bits per heavy atom. The highest BCUT2D eigenvalue weighted by molar-refractivity contribution is 7.99. The van der Waals surface area contributed by atoms with Crippen LogP contribution in [0.3, 0.4) is 0 Å². The molecule has 21 heavy (non-hydrogen) atoms. The van der Waals surface area contributed by atoms with E-state index in [9.17, 15) is 4.39 Å². The number of thioether (sulfide) groups is 1. The predicted octanol–water partition coefficient (Wildman–Crippen LogP) is 4.99. The summed E-state index contributed by atoms with van der Waals surface area (Å²) in [6, 6.07) is 3.52. The van der Waals surface area contributed by atoms with Crippen LogP contribution in [0.15, 0.2) is 12.1 Å². The Balaban J connectivity index is 1.70. The monoisotopic (exact) mass is 349 g/mol. The van der Waals surface area contributed by atoms with Crippen LogP contribution in [0.2, 0.25) is 10.0 Å². The molecule has 2 fully saturated rings. The quantitative estimate of drug-likeness (QED) is 0.760. The van der Waals surface area contributed by atoms with Crippen LogP contribution < -0.4 is 5.32 Å². The van der Waals surface area contributed by atoms with Gasteiger partial charge >= 0.3 is 0 Å². The molecular weight excluding hydrogens is 332 g/mol. The lowest BCUT2D eigenvalue weighted by Gasteiger charge is -2.43. The summed E-state index contributed by atoms with van der Waals surface area (Å²) in [6.45, 7) is 0.769. The van der Waals surface area contributed by atoms with Crippen molar-refractivity contribution in [1.29, 1.82) is 0 Å². The average molecular weight is 350 g/mol. The van der Waals surface area contributed by atoms with Gasteiger partial charge in [-0.1, -0.05) is 23.2 Å². The summed E-state index contributed by atoms with van der Waals surface area (Å²) < 4.78 is 19.5. The lowest BCUT2D eigenvalue weighted by Crippen LogP contribution is -2.46. The molecule has 1 spiro atoms. The summed E-state index contributed by atoms with van der Waals surface area (Å²) in [5.74, 6) is 1.78. The molecule has 6 heteroatoms. The molecule has 1 aromatic carbocycles. The Hall–Kier alpha value is -0.160. The zero-order chi connectivity index (χ0) is 14.9. The molecule has 0 amide bonds. The highest BCUT2D eigenvalue weighted by Gasteiger charge is 2.38. The molecule has 116 valence electrons. The van der Waals surface area contributed by atoms with Crippen LogP contribution in [0.5, 0.6) is 0 Å². The molecule has 0 radical (unpaired) electrons. The summed E-state index contributed by atoms with van der Waals surface area (Å²) in [5, 5.41) is 3.55. The first-order chi connectivity index (χ1) is 10.1. The van der Waals surface area contributed by atoms with Crippen molar-refractivity contribution in [1.82, 2.24) is 0 Å². The van der Waals surface area contributed by atoms with Crippen molar-refractivity contribution >= 4 is 40.7 Å². The Labute approximate surface area is 138 Å². The van der Waals surface area contributed by atoms with E-state index in [1.807, 2.05) is 11.8 Å². The predicted molar refractivity (Wildman–Crippen MR) is 88.3 cm³/mol. The molecule has 0 aromatic heterocycles. The van der Waals surface area contributed by atoms with Gasteiger partial charge in [0.1, 0.15) is 0 Å². The van der Waals surface area contributed by atoms with E-state index in [2.05, 4.69) is 5.32 Å². The van der Waals surface area contributed by atoms with E-state index in [1.165, 1.54) is 11.5 Å². The van der Waals surface area contributed by atoms with Crippen LogP contribution in [0.1, 0.15) is 25.7 Å². The van der Waals surface area contributed by atoms with Crippen molar-refractivity contribution in [2.45, 2.75) is 37.3 Å². The van der Waals surface area contributed by atoms with E-state index in [1.54, 1.807) is 12.1 Å². The first kappa shape index (κ1) is 15.7. The summed E-state index contributed by atoms with van der Waals surface area (Å²) in [5.41, 5.74) is 0.799. The fourth-order valence-corrected chi connectivity index (χ4v) is 4.84. The summed E-state index contributed by atoms with van der Waals surface area (Å²) in [6.07, 6.45) is 4.16. The van der Waals surface area contributed by atoms with Gasteiger partial charge in [0.25, 0.3) is 0 Å². The summed E-state index contributed by atoms with van der Waals surface area (Å²) in [7, 11) is 0. The van der Waals surface area contributed by atoms with Crippen molar-refractivity contribution in [2.75, 3.05) is 23.4 Å². The molecule has 1 N–H and O–H groups in total. The Kier molecular flexibility index (Phi) is 4.89. The molecular formula is C15H18Cl2FNOS. The van der Waals surface area contributed by atoms with Gasteiger partial charge in [-0.2, -0.15) is 11.8 Å². The standard InChI is InChI=1S/C15H18Cl2FNOS/c16-12-7-11(8-13(17)14(12)18)19-10-1-4-20-15(9-10)2-5-21-6-3-15/h7-8,10,19H,1-6,9H2. The van der Waals surface area contributed by atoms with E-state index < -0.39 is 5.82 Å². The molecule has 2 aliphatic heterocycles. The topological polar surface area (TPSA) is 21.3 Å². The van der Waals surface area contributed by atoms with Crippen molar-refractivity contribution in [3.63, 3.8) is 0 Å². The number of anilines is 1. The third kappa shape index (κ3) is 3.61. The molecule has 2 nitrogen and oxygen atoms in total. The third-order valence-corrected chi connectivity index (χ3v) is 5.79. The van der Waals surface area contributed by atoms with Crippen LogP contribution in [0.25, 0.3) is 0 Å². The van der Waals surface area contributed by atoms with Gasteiger partial charge in [0.2, 0.25) is 0 Å². The highest BCUT2D eigenvalue weighted by atomic mass is 35.5. The maximum Gasteiger partial charge on any atom is 0.160 e.